The Labute approximate surface area is 111 Å². The molecule has 1 aliphatic rings. The largest absolute Gasteiger partial charge is 0.496 e. The number of aryl methyl sites for hydroxylation is 2. The van der Waals surface area contributed by atoms with E-state index in [9.17, 15) is 0 Å². The van der Waals surface area contributed by atoms with Gasteiger partial charge in [0.25, 0.3) is 0 Å². The van der Waals surface area contributed by atoms with E-state index in [2.05, 4.69) is 32.2 Å². The first kappa shape index (κ1) is 13.4. The Bertz CT molecular complexity index is 420. The smallest absolute Gasteiger partial charge is 0.125 e. The van der Waals surface area contributed by atoms with Crippen molar-refractivity contribution in [3.05, 3.63) is 28.3 Å². The second-order valence-electron chi connectivity index (χ2n) is 5.56. The van der Waals surface area contributed by atoms with Crippen LogP contribution in [0, 0.1) is 26.7 Å². The van der Waals surface area contributed by atoms with Crippen LogP contribution < -0.4 is 10.1 Å². The van der Waals surface area contributed by atoms with Crippen LogP contribution in [0.3, 0.4) is 0 Å². The molecule has 1 aromatic carbocycles. The van der Waals surface area contributed by atoms with Crippen LogP contribution in [0.2, 0.25) is 0 Å². The monoisotopic (exact) mass is 247 g/mol. The van der Waals surface area contributed by atoms with Gasteiger partial charge in [0.05, 0.1) is 7.11 Å². The van der Waals surface area contributed by atoms with Crippen LogP contribution in [-0.4, -0.2) is 20.2 Å². The first-order chi connectivity index (χ1) is 8.63. The summed E-state index contributed by atoms with van der Waals surface area (Å²) in [4.78, 5) is 0. The third-order valence-electron chi connectivity index (χ3n) is 4.21. The highest BCUT2D eigenvalue weighted by Gasteiger charge is 2.19. The van der Waals surface area contributed by atoms with Gasteiger partial charge in [-0.05, 0) is 81.3 Å². The summed E-state index contributed by atoms with van der Waals surface area (Å²) < 4.78 is 5.66. The normalized spacial score (nSPS) is 19.9. The fourth-order valence-corrected chi connectivity index (χ4v) is 3.02. The molecular formula is C16H25NO. The third-order valence-corrected chi connectivity index (χ3v) is 4.21. The van der Waals surface area contributed by atoms with Crippen LogP contribution in [0.25, 0.3) is 0 Å². The number of piperidine rings is 1. The van der Waals surface area contributed by atoms with Crippen molar-refractivity contribution in [3.63, 3.8) is 0 Å². The lowest BCUT2D eigenvalue weighted by atomic mass is 9.88. The molecule has 2 nitrogen and oxygen atoms in total. The van der Waals surface area contributed by atoms with E-state index in [4.69, 9.17) is 4.74 Å². The lowest BCUT2D eigenvalue weighted by Crippen LogP contribution is -2.31. The van der Waals surface area contributed by atoms with E-state index in [0.29, 0.717) is 0 Å². The van der Waals surface area contributed by atoms with Gasteiger partial charge in [0.15, 0.2) is 0 Å². The van der Waals surface area contributed by atoms with Crippen LogP contribution in [0.4, 0.5) is 0 Å². The number of hydrogen-bond acceptors (Lipinski definition) is 2. The molecule has 1 atom stereocenters. The van der Waals surface area contributed by atoms with Gasteiger partial charge in [-0.2, -0.15) is 0 Å². The minimum atomic E-state index is 0.758. The molecule has 0 aromatic heterocycles. The maximum absolute atomic E-state index is 5.66. The summed E-state index contributed by atoms with van der Waals surface area (Å²) in [6, 6.07) is 2.30. The first-order valence-corrected chi connectivity index (χ1v) is 6.98. The summed E-state index contributed by atoms with van der Waals surface area (Å²) in [5.41, 5.74) is 5.41. The number of hydrogen-bond donors (Lipinski definition) is 1. The van der Waals surface area contributed by atoms with Crippen molar-refractivity contribution in [3.8, 4) is 5.75 Å². The van der Waals surface area contributed by atoms with Gasteiger partial charge in [-0.3, -0.25) is 0 Å². The molecular weight excluding hydrogens is 222 g/mol. The molecule has 0 radical (unpaired) electrons. The molecule has 1 N–H and O–H groups in total. The predicted molar refractivity (Wildman–Crippen MR) is 76.5 cm³/mol. The topological polar surface area (TPSA) is 21.3 Å². The quantitative estimate of drug-likeness (QED) is 0.886. The van der Waals surface area contributed by atoms with Crippen molar-refractivity contribution in [2.75, 3.05) is 20.2 Å². The molecule has 1 fully saturated rings. The summed E-state index contributed by atoms with van der Waals surface area (Å²) in [6.07, 6.45) is 3.78. The molecule has 0 spiro atoms. The maximum atomic E-state index is 5.66. The van der Waals surface area contributed by atoms with Gasteiger partial charge in [-0.15, -0.1) is 0 Å². The van der Waals surface area contributed by atoms with Gasteiger partial charge >= 0.3 is 0 Å². The molecule has 1 aliphatic heterocycles. The van der Waals surface area contributed by atoms with E-state index in [-0.39, 0.29) is 0 Å². The zero-order valence-electron chi connectivity index (χ0n) is 12.1. The number of nitrogens with one attached hydrogen (secondary N) is 1. The predicted octanol–water partition coefficient (Wildman–Crippen LogP) is 3.16. The van der Waals surface area contributed by atoms with Crippen molar-refractivity contribution >= 4 is 0 Å². The Morgan fingerprint density at radius 3 is 2.67 bits per heavy atom. The van der Waals surface area contributed by atoms with Gasteiger partial charge in [0.1, 0.15) is 5.75 Å². The van der Waals surface area contributed by atoms with Crippen molar-refractivity contribution in [2.45, 2.75) is 40.0 Å². The number of methoxy groups -OCH3 is 1. The van der Waals surface area contributed by atoms with E-state index in [0.717, 1.165) is 24.6 Å². The zero-order valence-corrected chi connectivity index (χ0v) is 12.1. The maximum Gasteiger partial charge on any atom is 0.125 e. The fourth-order valence-electron chi connectivity index (χ4n) is 3.02. The van der Waals surface area contributed by atoms with Crippen LogP contribution in [0.1, 0.15) is 35.1 Å². The Hall–Kier alpha value is -1.02. The molecule has 2 rings (SSSR count). The molecule has 18 heavy (non-hydrogen) atoms. The van der Waals surface area contributed by atoms with Crippen molar-refractivity contribution in [1.29, 1.82) is 0 Å². The van der Waals surface area contributed by atoms with Crippen molar-refractivity contribution in [2.24, 2.45) is 5.92 Å². The number of rotatable bonds is 3. The van der Waals surface area contributed by atoms with Gasteiger partial charge in [-0.1, -0.05) is 6.07 Å². The van der Waals surface area contributed by atoms with Gasteiger partial charge in [0.2, 0.25) is 0 Å². The van der Waals surface area contributed by atoms with Gasteiger partial charge in [-0.25, -0.2) is 0 Å². The highest BCUT2D eigenvalue weighted by molar-refractivity contribution is 5.49. The summed E-state index contributed by atoms with van der Waals surface area (Å²) in [7, 11) is 1.80. The lowest BCUT2D eigenvalue weighted by Gasteiger charge is -2.25. The SMILES string of the molecule is COc1c(C)c(C)cc(C)c1CC1CCCNC1. The number of benzene rings is 1. The van der Waals surface area contributed by atoms with Crippen LogP contribution in [0.15, 0.2) is 6.07 Å². The van der Waals surface area contributed by atoms with Crippen LogP contribution in [-0.2, 0) is 6.42 Å². The van der Waals surface area contributed by atoms with E-state index in [1.54, 1.807) is 7.11 Å². The average Bonchev–Trinajstić information content (AvgIpc) is 2.37. The van der Waals surface area contributed by atoms with Crippen molar-refractivity contribution < 1.29 is 4.74 Å². The molecule has 100 valence electrons. The Morgan fingerprint density at radius 1 is 1.28 bits per heavy atom. The van der Waals surface area contributed by atoms with E-state index < -0.39 is 0 Å². The summed E-state index contributed by atoms with van der Waals surface area (Å²) in [5.74, 6) is 1.87. The molecule has 0 amide bonds. The lowest BCUT2D eigenvalue weighted by molar-refractivity contribution is 0.362. The Balaban J connectivity index is 2.28. The van der Waals surface area contributed by atoms with E-state index in [1.165, 1.54) is 41.6 Å². The van der Waals surface area contributed by atoms with Crippen LogP contribution >= 0.6 is 0 Å². The Morgan fingerprint density at radius 2 is 2.06 bits per heavy atom. The molecule has 1 heterocycles. The van der Waals surface area contributed by atoms with Crippen LogP contribution in [0.5, 0.6) is 5.75 Å². The van der Waals surface area contributed by atoms with E-state index in [1.807, 2.05) is 0 Å². The highest BCUT2D eigenvalue weighted by Crippen LogP contribution is 2.32. The number of ether oxygens (including phenoxy) is 1. The molecule has 1 unspecified atom stereocenters. The summed E-state index contributed by atoms with van der Waals surface area (Å²) in [5, 5.41) is 3.50. The minimum Gasteiger partial charge on any atom is -0.496 e. The Kier molecular flexibility index (Phi) is 4.28. The summed E-state index contributed by atoms with van der Waals surface area (Å²) in [6.45, 7) is 8.86. The molecule has 0 saturated carbocycles. The minimum absolute atomic E-state index is 0.758. The second kappa shape index (κ2) is 5.75. The fraction of sp³-hybridized carbons (Fsp3) is 0.625. The van der Waals surface area contributed by atoms with Crippen molar-refractivity contribution in [1.82, 2.24) is 5.32 Å². The molecule has 2 heteroatoms. The zero-order chi connectivity index (χ0) is 13.1. The third kappa shape index (κ3) is 2.69. The van der Waals surface area contributed by atoms with Gasteiger partial charge < -0.3 is 10.1 Å². The van der Waals surface area contributed by atoms with E-state index >= 15 is 0 Å². The molecule has 1 saturated heterocycles. The second-order valence-corrected chi connectivity index (χ2v) is 5.56. The standard InChI is InChI=1S/C16H25NO/c1-11-8-12(2)15(16(18-4)13(11)3)9-14-6-5-7-17-10-14/h8,14,17H,5-7,9-10H2,1-4H3. The molecule has 1 aromatic rings. The highest BCUT2D eigenvalue weighted by atomic mass is 16.5. The summed E-state index contributed by atoms with van der Waals surface area (Å²) >= 11 is 0. The molecule has 0 bridgehead atoms. The molecule has 0 aliphatic carbocycles. The van der Waals surface area contributed by atoms with Gasteiger partial charge in [0, 0.05) is 0 Å². The average molecular weight is 247 g/mol. The first-order valence-electron chi connectivity index (χ1n) is 6.98.